The monoisotopic (exact) mass is 583 g/mol. The van der Waals surface area contributed by atoms with Gasteiger partial charge in [0.15, 0.2) is 0 Å². The van der Waals surface area contributed by atoms with Crippen LogP contribution in [-0.4, -0.2) is 72.4 Å². The van der Waals surface area contributed by atoms with Crippen LogP contribution in [0.15, 0.2) is 53.4 Å². The lowest BCUT2D eigenvalue weighted by Crippen LogP contribution is -2.21. The molecular formula is C25H31BrN9OP. The van der Waals surface area contributed by atoms with Crippen molar-refractivity contribution >= 4 is 73.9 Å². The normalized spacial score (nSPS) is 11.5. The smallest absolute Gasteiger partial charge is 0.229 e. The highest BCUT2D eigenvalue weighted by molar-refractivity contribution is 9.10. The van der Waals surface area contributed by atoms with Crippen molar-refractivity contribution in [3.05, 3.63) is 53.4 Å². The number of anilines is 6. The highest BCUT2D eigenvalue weighted by atomic mass is 79.9. The molecule has 2 aromatic heterocycles. The molecule has 0 bridgehead atoms. The number of nitrogens with one attached hydrogen (secondary N) is 4. The zero-order valence-corrected chi connectivity index (χ0v) is 24.0. The zero-order valence-electron chi connectivity index (χ0n) is 21.5. The van der Waals surface area contributed by atoms with E-state index in [2.05, 4.69) is 62.0 Å². The molecule has 0 saturated heterocycles. The summed E-state index contributed by atoms with van der Waals surface area (Å²) in [6.07, 6.45) is 4.91. The summed E-state index contributed by atoms with van der Waals surface area (Å²) < 4.78 is 13.9. The third-order valence-corrected chi connectivity index (χ3v) is 7.68. The first-order valence-electron chi connectivity index (χ1n) is 11.7. The maximum atomic E-state index is 13.2. The fourth-order valence-electron chi connectivity index (χ4n) is 3.84. The summed E-state index contributed by atoms with van der Waals surface area (Å²) in [7, 11) is 3.28. The van der Waals surface area contributed by atoms with E-state index in [4.69, 9.17) is 0 Å². The van der Waals surface area contributed by atoms with Gasteiger partial charge in [0.1, 0.15) is 18.5 Å². The maximum Gasteiger partial charge on any atom is 0.229 e. The molecule has 0 amide bonds. The van der Waals surface area contributed by atoms with Crippen molar-refractivity contribution < 1.29 is 4.57 Å². The number of halogens is 1. The first kappa shape index (κ1) is 26.8. The molecular weight excluding hydrogens is 553 g/mol. The summed E-state index contributed by atoms with van der Waals surface area (Å²) in [6.45, 7) is 5.22. The number of hydrogen-bond acceptors (Lipinski definition) is 10. The summed E-state index contributed by atoms with van der Waals surface area (Å²) >= 11 is 3.53. The van der Waals surface area contributed by atoms with Crippen LogP contribution in [0.2, 0.25) is 0 Å². The molecule has 0 saturated carbocycles. The minimum atomic E-state index is -2.70. The molecule has 0 unspecified atom stereocenters. The average molecular weight is 584 g/mol. The Balaban J connectivity index is 1.60. The lowest BCUT2D eigenvalue weighted by molar-refractivity contribution is 0.425. The van der Waals surface area contributed by atoms with Crippen LogP contribution in [0.5, 0.6) is 0 Å². The second-order valence-electron chi connectivity index (χ2n) is 9.12. The summed E-state index contributed by atoms with van der Waals surface area (Å²) in [5, 5.41) is 13.9. The van der Waals surface area contributed by atoms with E-state index in [-0.39, 0.29) is 0 Å². The van der Waals surface area contributed by atoms with Crippen molar-refractivity contribution in [3.63, 3.8) is 0 Å². The Kier molecular flexibility index (Phi) is 8.26. The Bertz CT molecular complexity index is 1460. The quantitative estimate of drug-likeness (QED) is 0.191. The first-order valence-corrected chi connectivity index (χ1v) is 15.1. The fourth-order valence-corrected chi connectivity index (χ4v) is 5.52. The van der Waals surface area contributed by atoms with Crippen LogP contribution in [-0.2, 0) is 4.57 Å². The van der Waals surface area contributed by atoms with Crippen LogP contribution >= 0.6 is 23.1 Å². The van der Waals surface area contributed by atoms with E-state index in [1.807, 2.05) is 51.5 Å². The molecule has 4 aromatic rings. The van der Waals surface area contributed by atoms with E-state index in [1.54, 1.807) is 31.9 Å². The van der Waals surface area contributed by atoms with Crippen LogP contribution in [0.1, 0.15) is 0 Å². The molecule has 0 spiro atoms. The lowest BCUT2D eigenvalue weighted by Gasteiger charge is -2.18. The summed E-state index contributed by atoms with van der Waals surface area (Å²) in [4.78, 5) is 20.0. The molecule has 10 nitrogen and oxygen atoms in total. The van der Waals surface area contributed by atoms with Crippen LogP contribution < -0.4 is 26.6 Å². The predicted molar refractivity (Wildman–Crippen MR) is 158 cm³/mol. The Morgan fingerprint density at radius 2 is 1.73 bits per heavy atom. The topological polar surface area (TPSA) is 120 Å². The number of fused-ring (bicyclic) bond motifs is 1. The zero-order chi connectivity index (χ0) is 26.6. The highest BCUT2D eigenvalue weighted by Crippen LogP contribution is 2.41. The number of hydrogen-bond donors (Lipinski definition) is 4. The Morgan fingerprint density at radius 1 is 0.973 bits per heavy atom. The summed E-state index contributed by atoms with van der Waals surface area (Å²) in [6, 6.07) is 9.70. The van der Waals surface area contributed by atoms with Gasteiger partial charge in [-0.3, -0.25) is 9.97 Å². The summed E-state index contributed by atoms with van der Waals surface area (Å²) in [5.41, 5.74) is 4.79. The van der Waals surface area contributed by atoms with Gasteiger partial charge in [-0.1, -0.05) is 0 Å². The van der Waals surface area contributed by atoms with Crippen LogP contribution in [0.25, 0.3) is 11.0 Å². The van der Waals surface area contributed by atoms with Gasteiger partial charge < -0.3 is 30.7 Å². The van der Waals surface area contributed by atoms with Gasteiger partial charge in [-0.05, 0) is 73.7 Å². The van der Waals surface area contributed by atoms with Crippen LogP contribution in [0.3, 0.4) is 0 Å². The average Bonchev–Trinajstić information content (AvgIpc) is 2.85. The second-order valence-corrected chi connectivity index (χ2v) is 13.1. The number of likely N-dealkylation sites (N-methyl/N-ethyl adjacent to an activating group) is 1. The largest absolute Gasteiger partial charge is 0.386 e. The van der Waals surface area contributed by atoms with Crippen molar-refractivity contribution in [1.82, 2.24) is 24.8 Å². The van der Waals surface area contributed by atoms with E-state index in [9.17, 15) is 4.57 Å². The minimum absolute atomic E-state index is 0.416. The molecule has 0 aliphatic carbocycles. The number of benzene rings is 2. The molecule has 194 valence electrons. The van der Waals surface area contributed by atoms with Crippen molar-refractivity contribution in [3.8, 4) is 0 Å². The Morgan fingerprint density at radius 3 is 2.46 bits per heavy atom. The highest BCUT2D eigenvalue weighted by Gasteiger charge is 2.22. The molecule has 2 heterocycles. The van der Waals surface area contributed by atoms with Gasteiger partial charge in [-0.25, -0.2) is 4.98 Å². The van der Waals surface area contributed by atoms with E-state index in [0.717, 1.165) is 30.2 Å². The fraction of sp³-hybridized carbons (Fsp3) is 0.280. The van der Waals surface area contributed by atoms with Gasteiger partial charge in [0.25, 0.3) is 0 Å². The van der Waals surface area contributed by atoms with Crippen molar-refractivity contribution in [2.45, 2.75) is 0 Å². The molecule has 0 aliphatic rings. The third kappa shape index (κ3) is 6.54. The van der Waals surface area contributed by atoms with Gasteiger partial charge in [0.05, 0.1) is 32.4 Å². The van der Waals surface area contributed by atoms with E-state index in [0.29, 0.717) is 38.3 Å². The van der Waals surface area contributed by atoms with Crippen molar-refractivity contribution in [2.24, 2.45) is 0 Å². The Hall–Kier alpha value is -3.27. The molecule has 0 radical (unpaired) electrons. The predicted octanol–water partition coefficient (Wildman–Crippen LogP) is 4.93. The van der Waals surface area contributed by atoms with E-state index < -0.39 is 7.14 Å². The molecule has 2 aromatic carbocycles. The number of nitrogens with zero attached hydrogens (tertiary/aromatic N) is 5. The summed E-state index contributed by atoms with van der Waals surface area (Å²) in [5.74, 6) is 0.950. The van der Waals surface area contributed by atoms with Gasteiger partial charge in [0.2, 0.25) is 5.95 Å². The second kappa shape index (κ2) is 11.4. The molecule has 0 atom stereocenters. The maximum absolute atomic E-state index is 13.2. The SMILES string of the molecule is CNc1cc(Nc2ncc(Br)c(Nc3ccc4nccnc4c3P(C)(C)=O)n2)ccc1NCCN(C)C. The molecule has 12 heteroatoms. The molecule has 4 rings (SSSR count). The number of rotatable bonds is 10. The van der Waals surface area contributed by atoms with Gasteiger partial charge >= 0.3 is 0 Å². The third-order valence-electron chi connectivity index (χ3n) is 5.57. The van der Waals surface area contributed by atoms with Crippen LogP contribution in [0.4, 0.5) is 34.5 Å². The van der Waals surface area contributed by atoms with E-state index >= 15 is 0 Å². The molecule has 37 heavy (non-hydrogen) atoms. The molecule has 4 N–H and O–H groups in total. The Labute approximate surface area is 225 Å². The van der Waals surface area contributed by atoms with Crippen LogP contribution in [0, 0.1) is 0 Å². The standard InChI is InChI=1S/C25H31BrN9OP/c1-27-21-14-16(6-7-18(21)29-12-13-35(2)3)32-25-31-15-17(26)24(34-25)33-20-9-8-19-22(30-11-10-28-19)23(20)37(4,5)36/h6-11,14-15,27,29H,12-13H2,1-5H3,(H2,31,32,33,34). The van der Waals surface area contributed by atoms with Gasteiger partial charge in [-0.2, -0.15) is 4.98 Å². The van der Waals surface area contributed by atoms with Crippen molar-refractivity contribution in [1.29, 1.82) is 0 Å². The van der Waals surface area contributed by atoms with Gasteiger partial charge in [0, 0.05) is 44.4 Å². The van der Waals surface area contributed by atoms with Gasteiger partial charge in [-0.15, -0.1) is 0 Å². The number of aromatic nitrogens is 4. The first-order chi connectivity index (χ1) is 17.7. The van der Waals surface area contributed by atoms with Crippen molar-refractivity contribution in [2.75, 3.05) is 68.8 Å². The lowest BCUT2D eigenvalue weighted by atomic mass is 10.2. The molecule has 0 fully saturated rings. The molecule has 0 aliphatic heterocycles. The van der Waals surface area contributed by atoms with E-state index in [1.165, 1.54) is 0 Å². The minimum Gasteiger partial charge on any atom is -0.386 e.